The predicted octanol–water partition coefficient (Wildman–Crippen LogP) is 3.34. The maximum absolute atomic E-state index is 13.2. The zero-order valence-corrected chi connectivity index (χ0v) is 14.8. The van der Waals surface area contributed by atoms with Crippen molar-refractivity contribution in [2.75, 3.05) is 6.61 Å². The van der Waals surface area contributed by atoms with Crippen molar-refractivity contribution in [1.82, 2.24) is 5.32 Å². The van der Waals surface area contributed by atoms with E-state index in [1.54, 1.807) is 6.07 Å². The van der Waals surface area contributed by atoms with Crippen LogP contribution in [0.15, 0.2) is 66.7 Å². The molecule has 0 aliphatic carbocycles. The summed E-state index contributed by atoms with van der Waals surface area (Å²) in [4.78, 5) is 12.3. The molecule has 0 aliphatic heterocycles. The summed E-state index contributed by atoms with van der Waals surface area (Å²) in [5.41, 5.74) is 0.953. The highest BCUT2D eigenvalue weighted by Crippen LogP contribution is 2.23. The second kappa shape index (κ2) is 8.73. The zero-order chi connectivity index (χ0) is 20.1. The van der Waals surface area contributed by atoms with Gasteiger partial charge in [-0.1, -0.05) is 42.5 Å². The first-order valence-electron chi connectivity index (χ1n) is 8.69. The molecule has 0 fully saturated rings. The minimum atomic E-state index is -1.21. The molecule has 3 aromatic rings. The van der Waals surface area contributed by atoms with Crippen LogP contribution in [0.25, 0.3) is 16.8 Å². The van der Waals surface area contributed by atoms with Crippen molar-refractivity contribution in [2.45, 2.75) is 12.1 Å². The molecule has 2 atom stereocenters. The first-order valence-corrected chi connectivity index (χ1v) is 8.69. The molecule has 3 N–H and O–H groups in total. The summed E-state index contributed by atoms with van der Waals surface area (Å²) in [7, 11) is 0. The van der Waals surface area contributed by atoms with Crippen molar-refractivity contribution in [2.24, 2.45) is 0 Å². The molecule has 144 valence electrons. The van der Waals surface area contributed by atoms with Gasteiger partial charge in [0.25, 0.3) is 0 Å². The number of fused-ring (bicyclic) bond motifs is 1. The highest BCUT2D eigenvalue weighted by Gasteiger charge is 2.22. The van der Waals surface area contributed by atoms with Crippen LogP contribution in [0.5, 0.6) is 0 Å². The van der Waals surface area contributed by atoms with Gasteiger partial charge in [0.1, 0.15) is 6.10 Å². The lowest BCUT2D eigenvalue weighted by atomic mass is 9.98. The van der Waals surface area contributed by atoms with Crippen LogP contribution in [0, 0.1) is 11.6 Å². The van der Waals surface area contributed by atoms with E-state index in [1.165, 1.54) is 12.1 Å². The lowest BCUT2D eigenvalue weighted by molar-refractivity contribution is -0.118. The largest absolute Gasteiger partial charge is 0.394 e. The van der Waals surface area contributed by atoms with Gasteiger partial charge in [-0.25, -0.2) is 8.78 Å². The number of hydrogen-bond acceptors (Lipinski definition) is 3. The van der Waals surface area contributed by atoms with Gasteiger partial charge in [0.15, 0.2) is 11.6 Å². The molecule has 0 heterocycles. The third-order valence-electron chi connectivity index (χ3n) is 4.37. The molecular formula is C22H19F2NO3. The smallest absolute Gasteiger partial charge is 0.244 e. The summed E-state index contributed by atoms with van der Waals surface area (Å²) in [5, 5.41) is 24.1. The molecule has 0 bridgehead atoms. The Morgan fingerprint density at radius 3 is 2.46 bits per heavy atom. The van der Waals surface area contributed by atoms with Crippen LogP contribution in [-0.2, 0) is 4.79 Å². The number of rotatable bonds is 6. The first-order chi connectivity index (χ1) is 13.5. The average molecular weight is 383 g/mol. The van der Waals surface area contributed by atoms with Crippen LogP contribution in [-0.4, -0.2) is 28.8 Å². The maximum atomic E-state index is 13.2. The fourth-order valence-electron chi connectivity index (χ4n) is 2.90. The van der Waals surface area contributed by atoms with Gasteiger partial charge in [0, 0.05) is 6.08 Å². The van der Waals surface area contributed by atoms with Crippen molar-refractivity contribution in [1.29, 1.82) is 0 Å². The number of carbonyl (C=O) groups is 1. The number of nitrogens with one attached hydrogen (secondary N) is 1. The monoisotopic (exact) mass is 383 g/mol. The van der Waals surface area contributed by atoms with Crippen LogP contribution in [0.3, 0.4) is 0 Å². The Morgan fingerprint density at radius 1 is 1.00 bits per heavy atom. The lowest BCUT2D eigenvalue weighted by Crippen LogP contribution is -2.37. The van der Waals surface area contributed by atoms with Crippen molar-refractivity contribution in [3.8, 4) is 0 Å². The molecule has 6 heteroatoms. The van der Waals surface area contributed by atoms with E-state index in [9.17, 15) is 23.8 Å². The summed E-state index contributed by atoms with van der Waals surface area (Å²) < 4.78 is 26.2. The van der Waals surface area contributed by atoms with Gasteiger partial charge >= 0.3 is 0 Å². The van der Waals surface area contributed by atoms with Crippen LogP contribution in [0.1, 0.15) is 17.2 Å². The number of halogens is 2. The van der Waals surface area contributed by atoms with Crippen LogP contribution < -0.4 is 5.32 Å². The van der Waals surface area contributed by atoms with Crippen molar-refractivity contribution in [3.05, 3.63) is 89.5 Å². The first kappa shape index (κ1) is 19.7. The van der Waals surface area contributed by atoms with E-state index in [-0.39, 0.29) is 0 Å². The summed E-state index contributed by atoms with van der Waals surface area (Å²) in [6, 6.07) is 15.6. The number of carbonyl (C=O) groups excluding carboxylic acids is 1. The molecule has 1 amide bonds. The second-order valence-corrected chi connectivity index (χ2v) is 6.35. The van der Waals surface area contributed by atoms with Crippen LogP contribution >= 0.6 is 0 Å². The minimum absolute atomic E-state index is 0.319. The van der Waals surface area contributed by atoms with Crippen LogP contribution in [0.2, 0.25) is 0 Å². The van der Waals surface area contributed by atoms with E-state index in [1.807, 2.05) is 36.4 Å². The van der Waals surface area contributed by atoms with Gasteiger partial charge in [-0.2, -0.15) is 0 Å². The molecule has 0 aromatic heterocycles. The van der Waals surface area contributed by atoms with Gasteiger partial charge in [-0.15, -0.1) is 0 Å². The Labute approximate surface area is 160 Å². The Balaban J connectivity index is 1.80. The molecule has 0 saturated heterocycles. The van der Waals surface area contributed by atoms with Crippen molar-refractivity contribution < 1.29 is 23.8 Å². The van der Waals surface area contributed by atoms with Crippen molar-refractivity contribution in [3.63, 3.8) is 0 Å². The summed E-state index contributed by atoms with van der Waals surface area (Å²) in [6.45, 7) is -0.537. The zero-order valence-electron chi connectivity index (χ0n) is 14.8. The Morgan fingerprint density at radius 2 is 1.75 bits per heavy atom. The SMILES string of the molecule is O=C(/C=C/c1ccc(F)c(F)c1)N[C@H](c1ccc2ccccc2c1)[C@H](O)CO. The molecular weight excluding hydrogens is 364 g/mol. The molecule has 0 radical (unpaired) electrons. The molecule has 0 saturated carbocycles. The van der Waals surface area contributed by atoms with E-state index in [0.29, 0.717) is 11.1 Å². The number of aliphatic hydroxyl groups is 2. The Hall–Kier alpha value is -3.09. The number of benzene rings is 3. The molecule has 3 rings (SSSR count). The number of hydrogen-bond donors (Lipinski definition) is 3. The van der Waals surface area contributed by atoms with Gasteiger partial charge in [0.05, 0.1) is 12.6 Å². The second-order valence-electron chi connectivity index (χ2n) is 6.35. The molecule has 3 aromatic carbocycles. The molecule has 4 nitrogen and oxygen atoms in total. The van der Waals surface area contributed by atoms with E-state index in [0.717, 1.165) is 29.0 Å². The molecule has 0 spiro atoms. The van der Waals surface area contributed by atoms with Crippen LogP contribution in [0.4, 0.5) is 8.78 Å². The van der Waals surface area contributed by atoms with Gasteiger partial charge < -0.3 is 15.5 Å². The number of aliphatic hydroxyl groups excluding tert-OH is 2. The normalized spacial score (nSPS) is 13.6. The third-order valence-corrected chi connectivity index (χ3v) is 4.37. The standard InChI is InChI=1S/C22H19F2NO3/c23-18-9-5-14(11-19(18)24)6-10-21(28)25-22(20(27)13-26)17-8-7-15-3-1-2-4-16(15)12-17/h1-12,20,22,26-27H,13H2,(H,25,28)/b10-6+/t20-,22-/m1/s1. The fourth-order valence-corrected chi connectivity index (χ4v) is 2.90. The lowest BCUT2D eigenvalue weighted by Gasteiger charge is -2.23. The molecule has 28 heavy (non-hydrogen) atoms. The molecule has 0 aliphatic rings. The average Bonchev–Trinajstić information content (AvgIpc) is 2.72. The summed E-state index contributed by atoms with van der Waals surface area (Å²) in [6.07, 6.45) is 1.28. The van der Waals surface area contributed by atoms with Crippen molar-refractivity contribution >= 4 is 22.8 Å². The van der Waals surface area contributed by atoms with Gasteiger partial charge in [0.2, 0.25) is 5.91 Å². The Kier molecular flexibility index (Phi) is 6.13. The fraction of sp³-hybridized carbons (Fsp3) is 0.136. The number of amides is 1. The third kappa shape index (κ3) is 4.60. The molecule has 0 unspecified atom stereocenters. The predicted molar refractivity (Wildman–Crippen MR) is 103 cm³/mol. The van der Waals surface area contributed by atoms with E-state index >= 15 is 0 Å². The van der Waals surface area contributed by atoms with E-state index in [4.69, 9.17) is 0 Å². The highest BCUT2D eigenvalue weighted by atomic mass is 19.2. The van der Waals surface area contributed by atoms with Gasteiger partial charge in [-0.3, -0.25) is 4.79 Å². The topological polar surface area (TPSA) is 69.6 Å². The maximum Gasteiger partial charge on any atom is 0.244 e. The van der Waals surface area contributed by atoms with E-state index in [2.05, 4.69) is 5.32 Å². The minimum Gasteiger partial charge on any atom is -0.394 e. The Bertz CT molecular complexity index is 1020. The summed E-state index contributed by atoms with van der Waals surface area (Å²) >= 11 is 0. The van der Waals surface area contributed by atoms with Gasteiger partial charge in [-0.05, 0) is 46.2 Å². The summed E-state index contributed by atoms with van der Waals surface area (Å²) in [5.74, 6) is -2.52. The quantitative estimate of drug-likeness (QED) is 0.572. The van der Waals surface area contributed by atoms with E-state index < -0.39 is 36.3 Å². The highest BCUT2D eigenvalue weighted by molar-refractivity contribution is 5.92.